The second-order valence-electron chi connectivity index (χ2n) is 10.3. The van der Waals surface area contributed by atoms with Crippen LogP contribution in [0.1, 0.15) is 0 Å². The Morgan fingerprint density at radius 2 is 1.09 bits per heavy atom. The van der Waals surface area contributed by atoms with Crippen molar-refractivity contribution in [3.05, 3.63) is 169 Å². The lowest BCUT2D eigenvalue weighted by Crippen LogP contribution is -2.12. The van der Waals surface area contributed by atoms with E-state index < -0.39 is 11.6 Å². The Bertz CT molecular complexity index is 2040. The van der Waals surface area contributed by atoms with Crippen molar-refractivity contribution in [2.24, 2.45) is 0 Å². The van der Waals surface area contributed by atoms with Crippen molar-refractivity contribution in [3.63, 3.8) is 0 Å². The summed E-state index contributed by atoms with van der Waals surface area (Å²) >= 11 is 0. The number of aromatic nitrogens is 1. The summed E-state index contributed by atoms with van der Waals surface area (Å²) in [5, 5.41) is 0.985. The number of rotatable bonds is 6. The lowest BCUT2D eigenvalue weighted by molar-refractivity contribution is 0.603. The molecule has 0 aliphatic rings. The summed E-state index contributed by atoms with van der Waals surface area (Å²) in [5.74, 6) is -0.986. The number of nitrogens with zero attached hydrogens (tertiary/aromatic N) is 2. The van der Waals surface area contributed by atoms with Crippen LogP contribution in [0.5, 0.6) is 0 Å². The molecule has 0 saturated heterocycles. The minimum atomic E-state index is -0.496. The van der Waals surface area contributed by atoms with Crippen LogP contribution < -0.4 is 4.90 Å². The van der Waals surface area contributed by atoms with Gasteiger partial charge in [0.25, 0.3) is 0 Å². The van der Waals surface area contributed by atoms with Gasteiger partial charge in [-0.25, -0.2) is 13.8 Å². The Morgan fingerprint density at radius 3 is 1.84 bits per heavy atom. The van der Waals surface area contributed by atoms with E-state index in [1.165, 1.54) is 12.1 Å². The molecule has 1 aromatic heterocycles. The summed E-state index contributed by atoms with van der Waals surface area (Å²) < 4.78 is 29.7. The Hall–Kier alpha value is -5.61. The van der Waals surface area contributed by atoms with E-state index in [9.17, 15) is 4.39 Å². The largest absolute Gasteiger partial charge is 0.308 e. The first kappa shape index (κ1) is 26.3. The molecule has 0 bridgehead atoms. The molecule has 2 nitrogen and oxygen atoms in total. The fourth-order valence-corrected chi connectivity index (χ4v) is 5.61. The monoisotopic (exact) mass is 560 g/mol. The third kappa shape index (κ3) is 5.04. The molecule has 4 heteroatoms. The second-order valence-corrected chi connectivity index (χ2v) is 10.3. The Kier molecular flexibility index (Phi) is 6.94. The maximum atomic E-state index is 15.2. The van der Waals surface area contributed by atoms with Crippen molar-refractivity contribution in [1.29, 1.82) is 0 Å². The lowest BCUT2D eigenvalue weighted by atomic mass is 9.96. The van der Waals surface area contributed by atoms with E-state index >= 15 is 4.39 Å². The van der Waals surface area contributed by atoms with E-state index in [2.05, 4.69) is 41.3 Å². The van der Waals surface area contributed by atoms with Gasteiger partial charge in [-0.2, -0.15) is 0 Å². The van der Waals surface area contributed by atoms with Gasteiger partial charge in [-0.3, -0.25) is 0 Å². The first-order valence-corrected chi connectivity index (χ1v) is 14.1. The van der Waals surface area contributed by atoms with E-state index in [0.29, 0.717) is 11.3 Å². The first-order valence-electron chi connectivity index (χ1n) is 14.1. The van der Waals surface area contributed by atoms with Crippen molar-refractivity contribution in [3.8, 4) is 33.5 Å². The number of benzene rings is 6. The van der Waals surface area contributed by atoms with Crippen LogP contribution in [0.25, 0.3) is 44.4 Å². The minimum Gasteiger partial charge on any atom is -0.308 e. The molecule has 0 spiro atoms. The smallest absolute Gasteiger partial charge is 0.131 e. The standard InChI is InChI=1S/C39H26F2N2/c40-29-23-24-35(41)34(25-29)31-19-10-11-21-37(31)43(30-17-8-3-9-18-30)38-22-12-20-32-33(27-13-4-1-5-14-27)26-36(42-39(32)38)28-15-6-2-7-16-28/h1-26H. The van der Waals surface area contributed by atoms with Gasteiger partial charge < -0.3 is 4.90 Å². The van der Waals surface area contributed by atoms with Crippen LogP contribution in [-0.4, -0.2) is 4.98 Å². The van der Waals surface area contributed by atoms with E-state index in [1.54, 1.807) is 0 Å². The zero-order chi connectivity index (χ0) is 29.2. The average molecular weight is 561 g/mol. The van der Waals surface area contributed by atoms with Crippen molar-refractivity contribution in [2.45, 2.75) is 0 Å². The number of para-hydroxylation sites is 3. The van der Waals surface area contributed by atoms with E-state index in [0.717, 1.165) is 50.7 Å². The molecular formula is C39H26F2N2. The molecule has 0 amide bonds. The van der Waals surface area contributed by atoms with Gasteiger partial charge in [0.05, 0.1) is 22.6 Å². The minimum absolute atomic E-state index is 0.194. The van der Waals surface area contributed by atoms with Gasteiger partial charge in [-0.1, -0.05) is 109 Å². The fraction of sp³-hybridized carbons (Fsp3) is 0. The van der Waals surface area contributed by atoms with Crippen LogP contribution in [0.2, 0.25) is 0 Å². The molecule has 0 fully saturated rings. The average Bonchev–Trinajstić information content (AvgIpc) is 3.07. The van der Waals surface area contributed by atoms with Gasteiger partial charge in [0.15, 0.2) is 0 Å². The SMILES string of the molecule is Fc1ccc(F)c(-c2ccccc2N(c2ccccc2)c2cccc3c(-c4ccccc4)cc(-c4ccccc4)nc23)c1. The number of halogens is 2. The molecule has 0 aliphatic heterocycles. The lowest BCUT2D eigenvalue weighted by Gasteiger charge is -2.29. The normalized spacial score (nSPS) is 11.0. The number of hydrogen-bond acceptors (Lipinski definition) is 2. The topological polar surface area (TPSA) is 16.1 Å². The van der Waals surface area contributed by atoms with E-state index in [-0.39, 0.29) is 5.56 Å². The van der Waals surface area contributed by atoms with Crippen molar-refractivity contribution in [2.75, 3.05) is 4.90 Å². The van der Waals surface area contributed by atoms with Crippen LogP contribution >= 0.6 is 0 Å². The third-order valence-electron chi connectivity index (χ3n) is 7.59. The molecule has 0 unspecified atom stereocenters. The summed E-state index contributed by atoms with van der Waals surface area (Å²) in [7, 11) is 0. The van der Waals surface area contributed by atoms with Gasteiger partial charge in [0.1, 0.15) is 11.6 Å². The van der Waals surface area contributed by atoms with Crippen LogP contribution in [0, 0.1) is 11.6 Å². The molecule has 0 N–H and O–H groups in total. The molecule has 0 radical (unpaired) electrons. The summed E-state index contributed by atoms with van der Waals surface area (Å²) in [6.45, 7) is 0. The van der Waals surface area contributed by atoms with Gasteiger partial charge in [0, 0.05) is 27.8 Å². The summed E-state index contributed by atoms with van der Waals surface area (Å²) in [6.07, 6.45) is 0. The summed E-state index contributed by atoms with van der Waals surface area (Å²) in [6, 6.07) is 49.7. The van der Waals surface area contributed by atoms with E-state index in [1.807, 2.05) is 103 Å². The highest BCUT2D eigenvalue weighted by molar-refractivity contribution is 6.05. The number of pyridine rings is 1. The molecule has 0 aliphatic carbocycles. The Morgan fingerprint density at radius 1 is 0.465 bits per heavy atom. The highest BCUT2D eigenvalue weighted by atomic mass is 19.1. The van der Waals surface area contributed by atoms with Crippen LogP contribution in [0.4, 0.5) is 25.8 Å². The molecule has 1 heterocycles. The van der Waals surface area contributed by atoms with Crippen LogP contribution in [0.15, 0.2) is 158 Å². The highest BCUT2D eigenvalue weighted by Crippen LogP contribution is 2.45. The molecule has 6 aromatic carbocycles. The number of hydrogen-bond donors (Lipinski definition) is 0. The number of fused-ring (bicyclic) bond motifs is 1. The Labute approximate surface area is 249 Å². The van der Waals surface area contributed by atoms with E-state index in [4.69, 9.17) is 4.98 Å². The third-order valence-corrected chi connectivity index (χ3v) is 7.59. The van der Waals surface area contributed by atoms with Crippen LogP contribution in [0.3, 0.4) is 0 Å². The molecule has 7 aromatic rings. The van der Waals surface area contributed by atoms with Crippen molar-refractivity contribution < 1.29 is 8.78 Å². The molecule has 0 saturated carbocycles. The molecule has 43 heavy (non-hydrogen) atoms. The van der Waals surface area contributed by atoms with Gasteiger partial charge in [-0.05, 0) is 59.7 Å². The Balaban J connectivity index is 1.55. The zero-order valence-electron chi connectivity index (χ0n) is 23.2. The maximum absolute atomic E-state index is 15.2. The fourth-order valence-electron chi connectivity index (χ4n) is 5.61. The van der Waals surface area contributed by atoms with Gasteiger partial charge in [0.2, 0.25) is 0 Å². The van der Waals surface area contributed by atoms with Crippen LogP contribution in [-0.2, 0) is 0 Å². The second kappa shape index (κ2) is 11.3. The number of anilines is 3. The van der Waals surface area contributed by atoms with Crippen molar-refractivity contribution in [1.82, 2.24) is 4.98 Å². The maximum Gasteiger partial charge on any atom is 0.131 e. The zero-order valence-corrected chi connectivity index (χ0v) is 23.2. The van der Waals surface area contributed by atoms with Gasteiger partial charge in [-0.15, -0.1) is 0 Å². The summed E-state index contributed by atoms with van der Waals surface area (Å²) in [5.41, 5.74) is 7.95. The van der Waals surface area contributed by atoms with Crippen molar-refractivity contribution >= 4 is 28.0 Å². The molecule has 7 rings (SSSR count). The predicted molar refractivity (Wildman–Crippen MR) is 173 cm³/mol. The highest BCUT2D eigenvalue weighted by Gasteiger charge is 2.22. The molecule has 0 atom stereocenters. The first-order chi connectivity index (χ1) is 21.2. The summed E-state index contributed by atoms with van der Waals surface area (Å²) in [4.78, 5) is 7.34. The van der Waals surface area contributed by atoms with Gasteiger partial charge >= 0.3 is 0 Å². The quantitative estimate of drug-likeness (QED) is 0.201. The predicted octanol–water partition coefficient (Wildman–Crippen LogP) is 11.0. The molecular weight excluding hydrogens is 534 g/mol. The molecule has 206 valence electrons.